The van der Waals surface area contributed by atoms with E-state index in [0.29, 0.717) is 37.7 Å². The summed E-state index contributed by atoms with van der Waals surface area (Å²) in [6.45, 7) is 8.49. The molecule has 45 heavy (non-hydrogen) atoms. The van der Waals surface area contributed by atoms with Crippen LogP contribution in [0.1, 0.15) is 66.1 Å². The van der Waals surface area contributed by atoms with Gasteiger partial charge in [0.2, 0.25) is 11.8 Å². The van der Waals surface area contributed by atoms with Crippen LogP contribution in [0.4, 0.5) is 18.9 Å². The number of nitrogens with one attached hydrogen (secondary N) is 1. The molecule has 9 nitrogen and oxygen atoms in total. The van der Waals surface area contributed by atoms with E-state index in [1.54, 1.807) is 11.1 Å². The molecular weight excluding hydrogens is 607 g/mol. The molecule has 0 spiro atoms. The summed E-state index contributed by atoms with van der Waals surface area (Å²) in [7, 11) is -3.88. The standard InChI is InChI=1S/C32H38F3N5O4S/c1-19-10-20(2)28(21(3)11-19)36-29(41)25-8-6-7-9-26(25)30(42)39-17-31(4,18-39)27-16-40(38-37-27)15-22-12-23(32(33,34)35)14-24(13-22)45(5,43)44/h10-14,16,25-26H,6-9,15,17-18H2,1-5H3,(H,36,41). The molecule has 3 aromatic rings. The van der Waals surface area contributed by atoms with E-state index in [0.717, 1.165) is 47.5 Å². The highest BCUT2D eigenvalue weighted by atomic mass is 32.2. The molecule has 13 heteroatoms. The second-order valence-corrected chi connectivity index (χ2v) is 15.0. The Morgan fingerprint density at radius 3 is 2.22 bits per heavy atom. The van der Waals surface area contributed by atoms with Gasteiger partial charge in [-0.2, -0.15) is 13.2 Å². The van der Waals surface area contributed by atoms with Gasteiger partial charge in [0.25, 0.3) is 0 Å². The van der Waals surface area contributed by atoms with Crippen LogP contribution in [0.2, 0.25) is 0 Å². The topological polar surface area (TPSA) is 114 Å². The first-order chi connectivity index (χ1) is 20.9. The Morgan fingerprint density at radius 2 is 1.62 bits per heavy atom. The van der Waals surface area contributed by atoms with E-state index < -0.39 is 43.7 Å². The number of hydrogen-bond acceptors (Lipinski definition) is 6. The number of likely N-dealkylation sites (tertiary alicyclic amines) is 1. The van der Waals surface area contributed by atoms with Crippen molar-refractivity contribution < 1.29 is 31.2 Å². The number of nitrogens with zero attached hydrogens (tertiary/aromatic N) is 4. The van der Waals surface area contributed by atoms with Crippen molar-refractivity contribution in [2.24, 2.45) is 11.8 Å². The molecule has 1 N–H and O–H groups in total. The van der Waals surface area contributed by atoms with Crippen molar-refractivity contribution in [3.63, 3.8) is 0 Å². The van der Waals surface area contributed by atoms with Gasteiger partial charge in [0.05, 0.1) is 22.7 Å². The largest absolute Gasteiger partial charge is 0.416 e. The molecule has 2 atom stereocenters. The van der Waals surface area contributed by atoms with E-state index in [9.17, 15) is 31.2 Å². The average molecular weight is 646 g/mol. The van der Waals surface area contributed by atoms with Crippen molar-refractivity contribution in [3.8, 4) is 0 Å². The van der Waals surface area contributed by atoms with Crippen LogP contribution in [-0.2, 0) is 37.6 Å². The number of anilines is 1. The number of carbonyl (C=O) groups is 2. The number of halogens is 3. The van der Waals surface area contributed by atoms with E-state index in [1.807, 2.05) is 39.8 Å². The minimum absolute atomic E-state index is 0.0608. The molecule has 1 aliphatic carbocycles. The fourth-order valence-corrected chi connectivity index (χ4v) is 7.36. The zero-order chi connectivity index (χ0) is 32.9. The van der Waals surface area contributed by atoms with Gasteiger partial charge in [-0.1, -0.05) is 42.7 Å². The first kappa shape index (κ1) is 32.6. The van der Waals surface area contributed by atoms with Gasteiger partial charge in [-0.05, 0) is 68.5 Å². The summed E-state index contributed by atoms with van der Waals surface area (Å²) in [5.41, 5.74) is 2.98. The minimum atomic E-state index is -4.71. The van der Waals surface area contributed by atoms with Crippen LogP contribution in [0.25, 0.3) is 0 Å². The third-order valence-electron chi connectivity index (χ3n) is 8.96. The van der Waals surface area contributed by atoms with Gasteiger partial charge >= 0.3 is 6.18 Å². The third-order valence-corrected chi connectivity index (χ3v) is 10.1. The van der Waals surface area contributed by atoms with Crippen molar-refractivity contribution in [2.45, 2.75) is 76.4 Å². The van der Waals surface area contributed by atoms with Crippen molar-refractivity contribution in [1.29, 1.82) is 0 Å². The maximum absolute atomic E-state index is 13.7. The van der Waals surface area contributed by atoms with Gasteiger partial charge in [-0.3, -0.25) is 9.59 Å². The molecule has 2 amide bonds. The van der Waals surface area contributed by atoms with Crippen molar-refractivity contribution in [2.75, 3.05) is 24.7 Å². The third kappa shape index (κ3) is 6.92. The summed E-state index contributed by atoms with van der Waals surface area (Å²) in [6, 6.07) is 6.78. The molecular formula is C32H38F3N5O4S. The van der Waals surface area contributed by atoms with Gasteiger partial charge < -0.3 is 10.2 Å². The first-order valence-corrected chi connectivity index (χ1v) is 16.8. The van der Waals surface area contributed by atoms with E-state index in [2.05, 4.69) is 15.6 Å². The van der Waals surface area contributed by atoms with E-state index >= 15 is 0 Å². The molecule has 2 unspecified atom stereocenters. The first-order valence-electron chi connectivity index (χ1n) is 14.9. The Balaban J connectivity index is 1.26. The molecule has 1 saturated carbocycles. The van der Waals surface area contributed by atoms with E-state index in [1.165, 1.54) is 10.7 Å². The predicted octanol–water partition coefficient (Wildman–Crippen LogP) is 5.22. The molecule has 2 aromatic carbocycles. The lowest BCUT2D eigenvalue weighted by molar-refractivity contribution is -0.148. The average Bonchev–Trinajstić information content (AvgIpc) is 3.40. The monoisotopic (exact) mass is 645 g/mol. The lowest BCUT2D eigenvalue weighted by Gasteiger charge is -2.49. The highest BCUT2D eigenvalue weighted by Gasteiger charge is 2.48. The number of aromatic nitrogens is 3. The molecule has 2 fully saturated rings. The molecule has 1 aliphatic heterocycles. The Labute approximate surface area is 261 Å². The number of hydrogen-bond donors (Lipinski definition) is 1. The van der Waals surface area contributed by atoms with Gasteiger partial charge in [-0.15, -0.1) is 5.10 Å². The Kier molecular flexibility index (Phi) is 8.62. The molecule has 1 saturated heterocycles. The van der Waals surface area contributed by atoms with Crippen molar-refractivity contribution in [3.05, 3.63) is 70.0 Å². The summed E-state index contributed by atoms with van der Waals surface area (Å²) < 4.78 is 65.8. The quantitative estimate of drug-likeness (QED) is 0.377. The normalized spacial score (nSPS) is 20.0. The summed E-state index contributed by atoms with van der Waals surface area (Å²) >= 11 is 0. The predicted molar refractivity (Wildman–Crippen MR) is 162 cm³/mol. The lowest BCUT2D eigenvalue weighted by Crippen LogP contribution is -2.62. The number of sulfone groups is 1. The second-order valence-electron chi connectivity index (χ2n) is 13.0. The molecule has 242 valence electrons. The molecule has 1 aromatic heterocycles. The fourth-order valence-electron chi connectivity index (χ4n) is 6.65. The van der Waals surface area contributed by atoms with Crippen LogP contribution in [-0.4, -0.2) is 59.5 Å². The number of carbonyl (C=O) groups excluding carboxylic acids is 2. The van der Waals surface area contributed by atoms with Gasteiger partial charge in [0, 0.05) is 48.5 Å². The number of alkyl halides is 3. The maximum atomic E-state index is 13.7. The Morgan fingerprint density at radius 1 is 1.00 bits per heavy atom. The summed E-state index contributed by atoms with van der Waals surface area (Å²) in [4.78, 5) is 28.5. The highest BCUT2D eigenvalue weighted by molar-refractivity contribution is 7.90. The summed E-state index contributed by atoms with van der Waals surface area (Å²) in [6.07, 6.45) is 0.796. The molecule has 0 radical (unpaired) electrons. The number of aryl methyl sites for hydroxylation is 3. The molecule has 2 aliphatic rings. The van der Waals surface area contributed by atoms with Crippen molar-refractivity contribution in [1.82, 2.24) is 19.9 Å². The van der Waals surface area contributed by atoms with Crippen LogP contribution in [0.5, 0.6) is 0 Å². The zero-order valence-electron chi connectivity index (χ0n) is 26.0. The summed E-state index contributed by atoms with van der Waals surface area (Å²) in [5, 5.41) is 11.4. The minimum Gasteiger partial charge on any atom is -0.340 e. The molecule has 5 rings (SSSR count). The van der Waals surface area contributed by atoms with Gasteiger partial charge in [-0.25, -0.2) is 13.1 Å². The van der Waals surface area contributed by atoms with Crippen LogP contribution in [0.3, 0.4) is 0 Å². The number of benzene rings is 2. The second kappa shape index (κ2) is 11.9. The van der Waals surface area contributed by atoms with E-state index in [-0.39, 0.29) is 23.9 Å². The van der Waals surface area contributed by atoms with Crippen LogP contribution < -0.4 is 5.32 Å². The molecule has 2 heterocycles. The smallest absolute Gasteiger partial charge is 0.340 e. The number of amides is 2. The maximum Gasteiger partial charge on any atom is 0.416 e. The SMILES string of the molecule is Cc1cc(C)c(NC(=O)C2CCCCC2C(=O)N2CC(C)(c3cn(Cc4cc(C(F)(F)F)cc(S(C)(=O)=O)c4)nn3)C2)c(C)c1. The Hall–Kier alpha value is -3.74. The van der Waals surface area contributed by atoms with Gasteiger partial charge in [0.15, 0.2) is 9.84 Å². The lowest BCUT2D eigenvalue weighted by atomic mass is 9.74. The fraction of sp³-hybridized carbons (Fsp3) is 0.500. The highest BCUT2D eigenvalue weighted by Crippen LogP contribution is 2.39. The molecule has 0 bridgehead atoms. The Bertz CT molecular complexity index is 1720. The zero-order valence-corrected chi connectivity index (χ0v) is 26.8. The number of rotatable bonds is 7. The van der Waals surface area contributed by atoms with Crippen LogP contribution in [0, 0.1) is 32.6 Å². The van der Waals surface area contributed by atoms with E-state index in [4.69, 9.17) is 0 Å². The van der Waals surface area contributed by atoms with Crippen LogP contribution in [0.15, 0.2) is 41.4 Å². The van der Waals surface area contributed by atoms with Crippen LogP contribution >= 0.6 is 0 Å². The van der Waals surface area contributed by atoms with Crippen molar-refractivity contribution >= 4 is 27.3 Å². The van der Waals surface area contributed by atoms with Gasteiger partial charge in [0.1, 0.15) is 0 Å². The summed E-state index contributed by atoms with van der Waals surface area (Å²) in [5.74, 6) is -1.05.